The summed E-state index contributed by atoms with van der Waals surface area (Å²) in [5.41, 5.74) is 1.17. The van der Waals surface area contributed by atoms with E-state index >= 15 is 0 Å². The minimum Gasteiger partial charge on any atom is -0.375 e. The van der Waals surface area contributed by atoms with Crippen LogP contribution in [0.5, 0.6) is 0 Å². The minimum absolute atomic E-state index is 0.199. The Balaban J connectivity index is 1.37. The first-order valence-electron chi connectivity index (χ1n) is 8.18. The van der Waals surface area contributed by atoms with E-state index in [-0.39, 0.29) is 6.10 Å². The average Bonchev–Trinajstić information content (AvgIpc) is 3.12. The second kappa shape index (κ2) is 8.01. The first-order valence-corrected chi connectivity index (χ1v) is 10.4. The van der Waals surface area contributed by atoms with Crippen LogP contribution in [0, 0.1) is 0 Å². The molecule has 0 N–H and O–H groups in total. The van der Waals surface area contributed by atoms with Gasteiger partial charge >= 0.3 is 0 Å². The third-order valence-electron chi connectivity index (χ3n) is 4.21. The fraction of sp³-hybridized carbons (Fsp3) is 0.333. The van der Waals surface area contributed by atoms with E-state index < -0.39 is 0 Å². The van der Waals surface area contributed by atoms with Crippen molar-refractivity contribution in [1.82, 2.24) is 14.9 Å². The van der Waals surface area contributed by atoms with Crippen LogP contribution >= 0.6 is 34.7 Å². The lowest BCUT2D eigenvalue weighted by Crippen LogP contribution is -2.43. The highest BCUT2D eigenvalue weighted by Gasteiger charge is 2.22. The molecule has 1 aliphatic heterocycles. The number of thioether (sulfide) groups is 1. The molecule has 0 radical (unpaired) electrons. The molecule has 0 unspecified atom stereocenters. The summed E-state index contributed by atoms with van der Waals surface area (Å²) in [5.74, 6) is 0.890. The molecule has 3 aromatic rings. The topological polar surface area (TPSA) is 38.2 Å². The fourth-order valence-corrected chi connectivity index (χ4v) is 4.93. The van der Waals surface area contributed by atoms with Gasteiger partial charge in [0.1, 0.15) is 16.2 Å². The molecule has 4 nitrogen and oxygen atoms in total. The maximum absolute atomic E-state index is 6.29. The van der Waals surface area contributed by atoms with Gasteiger partial charge < -0.3 is 4.74 Å². The van der Waals surface area contributed by atoms with Gasteiger partial charge in [0.25, 0.3) is 0 Å². The molecule has 1 saturated heterocycles. The van der Waals surface area contributed by atoms with E-state index in [1.165, 1.54) is 5.56 Å². The lowest BCUT2D eigenvalue weighted by atomic mass is 10.2. The molecule has 1 aromatic carbocycles. The highest BCUT2D eigenvalue weighted by atomic mass is 35.5. The normalized spacial score (nSPS) is 18.7. The number of benzene rings is 1. The smallest absolute Gasteiger partial charge is 0.127 e. The Morgan fingerprint density at radius 1 is 1.28 bits per heavy atom. The van der Waals surface area contributed by atoms with Gasteiger partial charge in [0.05, 0.1) is 12.7 Å². The molecular formula is C18H18ClN3OS2. The van der Waals surface area contributed by atoms with Crippen molar-refractivity contribution >= 4 is 44.9 Å². The number of hydrogen-bond acceptors (Lipinski definition) is 6. The summed E-state index contributed by atoms with van der Waals surface area (Å²) in [5, 5.41) is 5.08. The van der Waals surface area contributed by atoms with Crippen molar-refractivity contribution in [1.29, 1.82) is 0 Å². The van der Waals surface area contributed by atoms with Crippen molar-refractivity contribution in [3.05, 3.63) is 52.6 Å². The summed E-state index contributed by atoms with van der Waals surface area (Å²) in [4.78, 5) is 12.2. The van der Waals surface area contributed by atoms with Gasteiger partial charge in [-0.25, -0.2) is 9.97 Å². The standard InChI is InChI=1S/C18H18ClN3OS2/c19-16-4-2-1-3-13(16)9-22-6-7-23-14(10-22)11-25-18-15-5-8-24-17(15)20-12-21-18/h1-5,8,12,14H,6-7,9-11H2/t14-/m0/s1. The van der Waals surface area contributed by atoms with E-state index in [2.05, 4.69) is 32.4 Å². The predicted molar refractivity (Wildman–Crippen MR) is 105 cm³/mol. The van der Waals surface area contributed by atoms with Crippen LogP contribution in [-0.4, -0.2) is 46.4 Å². The SMILES string of the molecule is Clc1ccccc1CN1CCO[C@H](CSc2ncnc3sccc23)C1. The summed E-state index contributed by atoms with van der Waals surface area (Å²) in [6, 6.07) is 10.1. The van der Waals surface area contributed by atoms with Gasteiger partial charge in [0.15, 0.2) is 0 Å². The number of thiophene rings is 1. The third-order valence-corrected chi connectivity index (χ3v) is 6.53. The largest absolute Gasteiger partial charge is 0.375 e. The van der Waals surface area contributed by atoms with Crippen molar-refractivity contribution in [2.24, 2.45) is 0 Å². The molecule has 1 aliphatic rings. The van der Waals surface area contributed by atoms with Crippen LogP contribution in [0.4, 0.5) is 0 Å². The lowest BCUT2D eigenvalue weighted by Gasteiger charge is -2.33. The molecule has 0 saturated carbocycles. The van der Waals surface area contributed by atoms with Gasteiger partial charge in [-0.3, -0.25) is 4.90 Å². The third kappa shape index (κ3) is 4.15. The lowest BCUT2D eigenvalue weighted by molar-refractivity contribution is -0.0187. The zero-order valence-electron chi connectivity index (χ0n) is 13.6. The zero-order chi connectivity index (χ0) is 17.1. The molecule has 1 atom stereocenters. The Hall–Kier alpha value is -1.18. The molecule has 7 heteroatoms. The Morgan fingerprint density at radius 3 is 3.12 bits per heavy atom. The van der Waals surface area contributed by atoms with E-state index in [9.17, 15) is 0 Å². The monoisotopic (exact) mass is 391 g/mol. The van der Waals surface area contributed by atoms with Crippen LogP contribution in [0.25, 0.3) is 10.2 Å². The van der Waals surface area contributed by atoms with Gasteiger partial charge in [-0.15, -0.1) is 23.1 Å². The maximum atomic E-state index is 6.29. The molecule has 2 aromatic heterocycles. The maximum Gasteiger partial charge on any atom is 0.127 e. The highest BCUT2D eigenvalue weighted by Crippen LogP contribution is 2.29. The van der Waals surface area contributed by atoms with Crippen molar-refractivity contribution in [3.8, 4) is 0 Å². The Bertz CT molecular complexity index is 857. The molecule has 3 heterocycles. The molecule has 0 spiro atoms. The Morgan fingerprint density at radius 2 is 2.20 bits per heavy atom. The number of halogens is 1. The molecule has 25 heavy (non-hydrogen) atoms. The molecule has 130 valence electrons. The first-order chi connectivity index (χ1) is 12.3. The second-order valence-electron chi connectivity index (χ2n) is 5.95. The second-order valence-corrected chi connectivity index (χ2v) is 8.26. The number of nitrogens with zero attached hydrogens (tertiary/aromatic N) is 3. The highest BCUT2D eigenvalue weighted by molar-refractivity contribution is 7.99. The minimum atomic E-state index is 0.199. The average molecular weight is 392 g/mol. The van der Waals surface area contributed by atoms with E-state index in [1.54, 1.807) is 29.4 Å². The van der Waals surface area contributed by atoms with Crippen molar-refractivity contribution in [2.45, 2.75) is 17.7 Å². The van der Waals surface area contributed by atoms with E-state index in [0.29, 0.717) is 0 Å². The number of hydrogen-bond donors (Lipinski definition) is 0. The van der Waals surface area contributed by atoms with Crippen LogP contribution in [0.15, 0.2) is 47.1 Å². The van der Waals surface area contributed by atoms with Gasteiger partial charge in [0, 0.05) is 35.8 Å². The fourth-order valence-electron chi connectivity index (χ4n) is 2.95. The summed E-state index contributed by atoms with van der Waals surface area (Å²) in [6.07, 6.45) is 1.84. The Kier molecular flexibility index (Phi) is 5.53. The van der Waals surface area contributed by atoms with E-state index in [4.69, 9.17) is 16.3 Å². The number of fused-ring (bicyclic) bond motifs is 1. The van der Waals surface area contributed by atoms with Crippen LogP contribution < -0.4 is 0 Å². The first kappa shape index (κ1) is 17.2. The molecule has 0 bridgehead atoms. The molecule has 0 aliphatic carbocycles. The van der Waals surface area contributed by atoms with Crippen molar-refractivity contribution in [2.75, 3.05) is 25.4 Å². The number of morpholine rings is 1. The number of aromatic nitrogens is 2. The van der Waals surface area contributed by atoms with Gasteiger partial charge in [-0.2, -0.15) is 0 Å². The van der Waals surface area contributed by atoms with Crippen LogP contribution in [0.3, 0.4) is 0 Å². The molecule has 0 amide bonds. The quantitative estimate of drug-likeness (QED) is 0.478. The van der Waals surface area contributed by atoms with Crippen LogP contribution in [0.2, 0.25) is 5.02 Å². The zero-order valence-corrected chi connectivity index (χ0v) is 16.0. The Labute approximate surface area is 160 Å². The van der Waals surface area contributed by atoms with Crippen molar-refractivity contribution < 1.29 is 4.74 Å². The summed E-state index contributed by atoms with van der Waals surface area (Å²) >= 11 is 9.69. The van der Waals surface area contributed by atoms with Crippen LogP contribution in [0.1, 0.15) is 5.56 Å². The van der Waals surface area contributed by atoms with Gasteiger partial charge in [0.2, 0.25) is 0 Å². The molecule has 1 fully saturated rings. The molecule has 4 rings (SSSR count). The molecular weight excluding hydrogens is 374 g/mol. The summed E-state index contributed by atoms with van der Waals surface area (Å²) in [7, 11) is 0. The van der Waals surface area contributed by atoms with E-state index in [1.807, 2.05) is 18.2 Å². The van der Waals surface area contributed by atoms with Crippen molar-refractivity contribution in [3.63, 3.8) is 0 Å². The number of ether oxygens (including phenoxy) is 1. The van der Waals surface area contributed by atoms with Gasteiger partial charge in [-0.1, -0.05) is 29.8 Å². The van der Waals surface area contributed by atoms with Gasteiger partial charge in [-0.05, 0) is 23.1 Å². The predicted octanol–water partition coefficient (Wildman–Crippen LogP) is 4.34. The van der Waals surface area contributed by atoms with Crippen LogP contribution in [-0.2, 0) is 11.3 Å². The summed E-state index contributed by atoms with van der Waals surface area (Å²) < 4.78 is 5.96. The summed E-state index contributed by atoms with van der Waals surface area (Å²) in [6.45, 7) is 3.48. The number of rotatable bonds is 5. The van der Waals surface area contributed by atoms with E-state index in [0.717, 1.165) is 52.3 Å².